The number of benzene rings is 1. The number of anilines is 1. The zero-order chi connectivity index (χ0) is 18.4. The van der Waals surface area contributed by atoms with Gasteiger partial charge in [0.1, 0.15) is 0 Å². The van der Waals surface area contributed by atoms with Crippen molar-refractivity contribution in [2.45, 2.75) is 44.9 Å². The van der Waals surface area contributed by atoms with Crippen molar-refractivity contribution in [1.29, 1.82) is 0 Å². The molecule has 146 valence electrons. The Morgan fingerprint density at radius 3 is 2.62 bits per heavy atom. The van der Waals surface area contributed by atoms with E-state index in [1.54, 1.807) is 0 Å². The van der Waals surface area contributed by atoms with Crippen molar-refractivity contribution in [3.63, 3.8) is 0 Å². The molecule has 1 aromatic rings. The molecule has 3 atom stereocenters. The van der Waals surface area contributed by atoms with E-state index in [4.69, 9.17) is 5.73 Å². The van der Waals surface area contributed by atoms with E-state index in [-0.39, 0.29) is 41.3 Å². The third kappa shape index (κ3) is 6.49. The standard InChI is InChI=1S/C19H29N3O2S.ClH/c1-13-4-6-16(7-5-13)21-18(23)12-25-15(3)19(24)22-9-8-14(2)10-17(22)11-20;/h4-7,14-15,17H,8-12,20H2,1-3H3,(H,21,23);1H. The number of hydrogen-bond donors (Lipinski definition) is 2. The monoisotopic (exact) mass is 399 g/mol. The van der Waals surface area contributed by atoms with Crippen molar-refractivity contribution >= 4 is 41.7 Å². The summed E-state index contributed by atoms with van der Waals surface area (Å²) in [6.07, 6.45) is 1.99. The van der Waals surface area contributed by atoms with E-state index in [2.05, 4.69) is 12.2 Å². The summed E-state index contributed by atoms with van der Waals surface area (Å²) in [5, 5.41) is 2.62. The predicted octanol–water partition coefficient (Wildman–Crippen LogP) is 3.06. The smallest absolute Gasteiger partial charge is 0.235 e. The van der Waals surface area contributed by atoms with Crippen LogP contribution in [0.15, 0.2) is 24.3 Å². The number of carbonyl (C=O) groups excluding carboxylic acids is 2. The van der Waals surface area contributed by atoms with Crippen LogP contribution in [-0.2, 0) is 9.59 Å². The average molecular weight is 400 g/mol. The molecule has 1 aliphatic rings. The van der Waals surface area contributed by atoms with E-state index < -0.39 is 0 Å². The number of nitrogens with two attached hydrogens (primary N) is 1. The zero-order valence-corrected chi connectivity index (χ0v) is 17.4. The van der Waals surface area contributed by atoms with Gasteiger partial charge in [-0.3, -0.25) is 9.59 Å². The van der Waals surface area contributed by atoms with E-state index in [0.29, 0.717) is 12.5 Å². The molecule has 1 aliphatic heterocycles. The molecule has 3 N–H and O–H groups in total. The number of rotatable bonds is 6. The Balaban J connectivity index is 0.00000338. The van der Waals surface area contributed by atoms with Gasteiger partial charge in [0.25, 0.3) is 0 Å². The Morgan fingerprint density at radius 1 is 1.35 bits per heavy atom. The normalized spacial score (nSPS) is 20.8. The summed E-state index contributed by atoms with van der Waals surface area (Å²) >= 11 is 1.38. The lowest BCUT2D eigenvalue weighted by molar-refractivity contribution is -0.134. The molecule has 26 heavy (non-hydrogen) atoms. The highest BCUT2D eigenvalue weighted by molar-refractivity contribution is 8.01. The second-order valence-corrected chi connectivity index (χ2v) is 8.25. The first-order valence-corrected chi connectivity index (χ1v) is 9.94. The van der Waals surface area contributed by atoms with Crippen molar-refractivity contribution in [2.24, 2.45) is 11.7 Å². The summed E-state index contributed by atoms with van der Waals surface area (Å²) in [5.74, 6) is 0.880. The van der Waals surface area contributed by atoms with Crippen LogP contribution in [-0.4, -0.2) is 46.8 Å². The maximum absolute atomic E-state index is 12.7. The second kappa shape index (κ2) is 10.8. The molecule has 0 radical (unpaired) electrons. The van der Waals surface area contributed by atoms with Crippen LogP contribution in [0.4, 0.5) is 5.69 Å². The van der Waals surface area contributed by atoms with Crippen molar-refractivity contribution in [3.05, 3.63) is 29.8 Å². The van der Waals surface area contributed by atoms with Crippen molar-refractivity contribution in [2.75, 3.05) is 24.2 Å². The first-order valence-electron chi connectivity index (χ1n) is 8.89. The molecule has 0 aromatic heterocycles. The quantitative estimate of drug-likeness (QED) is 0.770. The van der Waals surface area contributed by atoms with Crippen LogP contribution in [0.3, 0.4) is 0 Å². The third-order valence-electron chi connectivity index (χ3n) is 4.68. The van der Waals surface area contributed by atoms with Gasteiger partial charge in [0.15, 0.2) is 0 Å². The van der Waals surface area contributed by atoms with Crippen LogP contribution in [0.2, 0.25) is 0 Å². The van der Waals surface area contributed by atoms with Gasteiger partial charge < -0.3 is 16.0 Å². The Morgan fingerprint density at radius 2 is 2.00 bits per heavy atom. The lowest BCUT2D eigenvalue weighted by Crippen LogP contribution is -2.51. The SMILES string of the molecule is Cc1ccc(NC(=O)CSC(C)C(=O)N2CCC(C)CC2CN)cc1.Cl. The summed E-state index contributed by atoms with van der Waals surface area (Å²) < 4.78 is 0. The van der Waals surface area contributed by atoms with Gasteiger partial charge in [-0.1, -0.05) is 24.6 Å². The van der Waals surface area contributed by atoms with Crippen molar-refractivity contribution in [3.8, 4) is 0 Å². The molecule has 2 amide bonds. The summed E-state index contributed by atoms with van der Waals surface area (Å²) in [7, 11) is 0. The van der Waals surface area contributed by atoms with Crippen LogP contribution >= 0.6 is 24.2 Å². The summed E-state index contributed by atoms with van der Waals surface area (Å²) in [6, 6.07) is 7.81. The average Bonchev–Trinajstić information content (AvgIpc) is 2.61. The second-order valence-electron chi connectivity index (χ2n) is 6.92. The molecule has 2 rings (SSSR count). The summed E-state index contributed by atoms with van der Waals surface area (Å²) in [5.41, 5.74) is 7.78. The molecule has 0 bridgehead atoms. The Hall–Kier alpha value is -1.24. The Kier molecular flexibility index (Phi) is 9.47. The topological polar surface area (TPSA) is 75.4 Å². The molecule has 5 nitrogen and oxygen atoms in total. The molecule has 3 unspecified atom stereocenters. The third-order valence-corrected chi connectivity index (χ3v) is 5.81. The molecule has 1 fully saturated rings. The number of piperidine rings is 1. The van der Waals surface area contributed by atoms with Gasteiger partial charge in [-0.25, -0.2) is 0 Å². The summed E-state index contributed by atoms with van der Waals surface area (Å²) in [4.78, 5) is 26.7. The minimum absolute atomic E-state index is 0. The van der Waals surface area contributed by atoms with Crippen LogP contribution in [0, 0.1) is 12.8 Å². The number of carbonyl (C=O) groups is 2. The fourth-order valence-corrected chi connectivity index (χ4v) is 3.86. The van der Waals surface area contributed by atoms with E-state index in [0.717, 1.165) is 30.6 Å². The van der Waals surface area contributed by atoms with Gasteiger partial charge in [0, 0.05) is 24.8 Å². The first kappa shape index (κ1) is 22.8. The van der Waals surface area contributed by atoms with Crippen LogP contribution in [0.25, 0.3) is 0 Å². The van der Waals surface area contributed by atoms with Crippen LogP contribution in [0.1, 0.15) is 32.3 Å². The molecule has 0 aliphatic carbocycles. The van der Waals surface area contributed by atoms with Gasteiger partial charge in [0.05, 0.1) is 11.0 Å². The van der Waals surface area contributed by atoms with E-state index >= 15 is 0 Å². The Bertz CT molecular complexity index is 597. The highest BCUT2D eigenvalue weighted by Crippen LogP contribution is 2.25. The minimum atomic E-state index is -0.244. The molecular formula is C19H30ClN3O2S. The van der Waals surface area contributed by atoms with Gasteiger partial charge in [-0.05, 0) is 44.7 Å². The van der Waals surface area contributed by atoms with Gasteiger partial charge >= 0.3 is 0 Å². The summed E-state index contributed by atoms with van der Waals surface area (Å²) in [6.45, 7) is 7.35. The fraction of sp³-hybridized carbons (Fsp3) is 0.579. The first-order chi connectivity index (χ1) is 11.9. The highest BCUT2D eigenvalue weighted by Gasteiger charge is 2.31. The molecule has 1 aromatic carbocycles. The Labute approximate surface area is 166 Å². The molecule has 1 heterocycles. The number of hydrogen-bond acceptors (Lipinski definition) is 4. The molecular weight excluding hydrogens is 370 g/mol. The van der Waals surface area contributed by atoms with Gasteiger partial charge in [-0.15, -0.1) is 24.2 Å². The number of thioether (sulfide) groups is 1. The predicted molar refractivity (Wildman–Crippen MR) is 112 cm³/mol. The molecule has 7 heteroatoms. The lowest BCUT2D eigenvalue weighted by Gasteiger charge is -2.39. The number of amides is 2. The van der Waals surface area contributed by atoms with Gasteiger partial charge in [-0.2, -0.15) is 0 Å². The number of aryl methyl sites for hydroxylation is 1. The maximum atomic E-state index is 12.7. The van der Waals surface area contributed by atoms with Crippen molar-refractivity contribution < 1.29 is 9.59 Å². The molecule has 0 spiro atoms. The maximum Gasteiger partial charge on any atom is 0.235 e. The number of halogens is 1. The van der Waals surface area contributed by atoms with Crippen molar-refractivity contribution in [1.82, 2.24) is 4.90 Å². The van der Waals surface area contributed by atoms with E-state index in [1.807, 2.05) is 43.0 Å². The molecule has 0 saturated carbocycles. The fourth-order valence-electron chi connectivity index (χ4n) is 3.10. The number of nitrogens with zero attached hydrogens (tertiary/aromatic N) is 1. The van der Waals surface area contributed by atoms with Crippen LogP contribution < -0.4 is 11.1 Å². The minimum Gasteiger partial charge on any atom is -0.337 e. The van der Waals surface area contributed by atoms with Gasteiger partial charge in [0.2, 0.25) is 11.8 Å². The lowest BCUT2D eigenvalue weighted by atomic mass is 9.92. The number of likely N-dealkylation sites (tertiary alicyclic amines) is 1. The van der Waals surface area contributed by atoms with Crippen LogP contribution in [0.5, 0.6) is 0 Å². The number of nitrogens with one attached hydrogen (secondary N) is 1. The van der Waals surface area contributed by atoms with E-state index in [9.17, 15) is 9.59 Å². The molecule has 1 saturated heterocycles. The largest absolute Gasteiger partial charge is 0.337 e. The highest BCUT2D eigenvalue weighted by atomic mass is 35.5. The van der Waals surface area contributed by atoms with E-state index in [1.165, 1.54) is 11.8 Å². The zero-order valence-electron chi connectivity index (χ0n) is 15.7.